The van der Waals surface area contributed by atoms with Crippen molar-refractivity contribution in [3.05, 3.63) is 52.8 Å². The molecule has 27 heavy (non-hydrogen) atoms. The van der Waals surface area contributed by atoms with Crippen LogP contribution in [0.25, 0.3) is 21.9 Å². The summed E-state index contributed by atoms with van der Waals surface area (Å²) in [6, 6.07) is 5.73. The second-order valence-corrected chi connectivity index (χ2v) is 7.38. The summed E-state index contributed by atoms with van der Waals surface area (Å²) in [6.45, 7) is 2.17. The number of pyridine rings is 1. The Morgan fingerprint density at radius 2 is 2.00 bits per heavy atom. The van der Waals surface area contributed by atoms with Crippen LogP contribution in [-0.4, -0.2) is 11.9 Å². The molecule has 0 saturated carbocycles. The van der Waals surface area contributed by atoms with E-state index < -0.39 is 11.9 Å². The second-order valence-electron chi connectivity index (χ2n) is 6.47. The fourth-order valence-electron chi connectivity index (χ4n) is 2.81. The van der Waals surface area contributed by atoms with Gasteiger partial charge in [-0.05, 0) is 35.9 Å². The Bertz CT molecular complexity index is 822. The number of alkyl halides is 3. The van der Waals surface area contributed by atoms with E-state index in [4.69, 9.17) is 11.1 Å². The number of nitrogens with zero attached hydrogens (tertiary/aromatic N) is 1. The van der Waals surface area contributed by atoms with Crippen molar-refractivity contribution in [3.8, 4) is 10.4 Å². The van der Waals surface area contributed by atoms with Crippen LogP contribution in [0.1, 0.15) is 43.9 Å². The van der Waals surface area contributed by atoms with Crippen molar-refractivity contribution >= 4 is 22.7 Å². The number of rotatable bonds is 8. The van der Waals surface area contributed by atoms with Gasteiger partial charge >= 0.3 is 6.18 Å². The van der Waals surface area contributed by atoms with Gasteiger partial charge in [0.2, 0.25) is 0 Å². The number of halogens is 3. The molecule has 0 saturated heterocycles. The van der Waals surface area contributed by atoms with Crippen molar-refractivity contribution in [1.29, 1.82) is 5.41 Å². The van der Waals surface area contributed by atoms with E-state index in [0.29, 0.717) is 11.8 Å². The third kappa shape index (κ3) is 5.66. The van der Waals surface area contributed by atoms with Crippen molar-refractivity contribution in [3.63, 3.8) is 0 Å². The first-order chi connectivity index (χ1) is 12.7. The fourth-order valence-corrected chi connectivity index (χ4v) is 3.76. The lowest BCUT2D eigenvalue weighted by Crippen LogP contribution is -2.32. The van der Waals surface area contributed by atoms with E-state index in [0.717, 1.165) is 23.3 Å². The summed E-state index contributed by atoms with van der Waals surface area (Å²) >= 11 is 1.60. The van der Waals surface area contributed by atoms with Crippen LogP contribution in [0.5, 0.6) is 0 Å². The molecule has 7 heteroatoms. The molecule has 146 valence electrons. The largest absolute Gasteiger partial charge is 0.693 e. The van der Waals surface area contributed by atoms with Gasteiger partial charge in [0, 0.05) is 22.6 Å². The van der Waals surface area contributed by atoms with Crippen molar-refractivity contribution in [1.82, 2.24) is 0 Å². The minimum atomic E-state index is -4.75. The standard InChI is InChI=1S/C20H24F3N3S/c1-3-4-5-6-7-14-9-11-27-19(14)15-8-10-26(2)17(12-15)16(24)13-18(25)20(21,22)23/h8-13,24-25H,3-7H2,1-2H3. The van der Waals surface area contributed by atoms with Crippen LogP contribution in [0.15, 0.2) is 35.9 Å². The molecule has 0 radical (unpaired) electrons. The number of aromatic nitrogens is 1. The highest BCUT2D eigenvalue weighted by atomic mass is 32.1. The molecule has 0 atom stereocenters. The number of thiophene rings is 1. The lowest BCUT2D eigenvalue weighted by molar-refractivity contribution is -0.673. The highest BCUT2D eigenvalue weighted by molar-refractivity contribution is 7.13. The van der Waals surface area contributed by atoms with E-state index >= 15 is 0 Å². The Morgan fingerprint density at radius 3 is 2.67 bits per heavy atom. The van der Waals surface area contributed by atoms with E-state index in [-0.39, 0.29) is 5.70 Å². The molecule has 2 N–H and O–H groups in total. The Labute approximate surface area is 161 Å². The van der Waals surface area contributed by atoms with Crippen molar-refractivity contribution in [2.45, 2.75) is 45.2 Å². The van der Waals surface area contributed by atoms with Gasteiger partial charge < -0.3 is 5.73 Å². The van der Waals surface area contributed by atoms with E-state index in [1.165, 1.54) is 24.8 Å². The van der Waals surface area contributed by atoms with Gasteiger partial charge in [0.05, 0.1) is 0 Å². The van der Waals surface area contributed by atoms with Crippen molar-refractivity contribution in [2.24, 2.45) is 7.05 Å². The molecule has 0 fully saturated rings. The lowest BCUT2D eigenvalue weighted by atomic mass is 10.0. The minimum absolute atomic E-state index is 0.331. The summed E-state index contributed by atoms with van der Waals surface area (Å²) in [5.74, 6) is 0. The van der Waals surface area contributed by atoms with E-state index in [1.54, 1.807) is 35.2 Å². The van der Waals surface area contributed by atoms with Crippen LogP contribution < -0.4 is 4.57 Å². The first-order valence-corrected chi connectivity index (χ1v) is 9.77. The number of allylic oxidation sites excluding steroid dienone is 1. The van der Waals surface area contributed by atoms with Gasteiger partial charge in [0.1, 0.15) is 12.8 Å². The highest BCUT2D eigenvalue weighted by Crippen LogP contribution is 2.32. The first kappa shape index (κ1) is 21.2. The lowest BCUT2D eigenvalue weighted by Gasteiger charge is -2.12. The normalized spacial score (nSPS) is 12.4. The van der Waals surface area contributed by atoms with Crippen LogP contribution in [0.2, 0.25) is 0 Å². The van der Waals surface area contributed by atoms with E-state index in [2.05, 4.69) is 13.0 Å². The maximum atomic E-state index is 12.6. The van der Waals surface area contributed by atoms with Gasteiger partial charge in [-0.2, -0.15) is 13.2 Å². The van der Waals surface area contributed by atoms with Gasteiger partial charge in [0.25, 0.3) is 0 Å². The van der Waals surface area contributed by atoms with Gasteiger partial charge in [-0.1, -0.05) is 31.9 Å². The zero-order valence-corrected chi connectivity index (χ0v) is 16.3. The molecule has 0 unspecified atom stereocenters. The maximum absolute atomic E-state index is 12.6. The summed E-state index contributed by atoms with van der Waals surface area (Å²) in [5.41, 5.74) is 8.61. The van der Waals surface area contributed by atoms with Gasteiger partial charge in [0.15, 0.2) is 11.9 Å². The quantitative estimate of drug-likeness (QED) is 0.308. The Kier molecular flexibility index (Phi) is 7.18. The molecule has 2 aromatic rings. The van der Waals surface area contributed by atoms with Crippen molar-refractivity contribution in [2.75, 3.05) is 0 Å². The predicted molar refractivity (Wildman–Crippen MR) is 105 cm³/mol. The molecule has 0 spiro atoms. The molecule has 0 aromatic carbocycles. The third-order valence-electron chi connectivity index (χ3n) is 4.33. The molecule has 3 nitrogen and oxygen atoms in total. The summed E-state index contributed by atoms with van der Waals surface area (Å²) in [7, 11) is 1.68. The molecule has 0 bridgehead atoms. The van der Waals surface area contributed by atoms with Gasteiger partial charge in [-0.3, -0.25) is 5.41 Å². The zero-order valence-electron chi connectivity index (χ0n) is 15.5. The first-order valence-electron chi connectivity index (χ1n) is 8.90. The minimum Gasteiger partial charge on any atom is -0.693 e. The number of hydrogen-bond donors (Lipinski definition) is 1. The molecule has 0 aliphatic carbocycles. The maximum Gasteiger partial charge on any atom is 0.432 e. The second kappa shape index (κ2) is 9.17. The molecule has 2 heterocycles. The summed E-state index contributed by atoms with van der Waals surface area (Å²) in [5, 5.41) is 9.12. The molecule has 2 rings (SSSR count). The van der Waals surface area contributed by atoms with Crippen LogP contribution in [0.3, 0.4) is 0 Å². The van der Waals surface area contributed by atoms with Crippen LogP contribution in [-0.2, 0) is 13.5 Å². The number of unbranched alkanes of at least 4 members (excludes halogenated alkanes) is 3. The SMILES string of the molecule is CCCCCCc1ccsc1-c1cc[n+](C)c(C([NH-])=CC(=N)C(F)(F)F)c1. The molecule has 0 aliphatic heterocycles. The Hall–Kier alpha value is -2.15. The number of nitrogens with one attached hydrogen (secondary N) is 2. The summed E-state index contributed by atoms with van der Waals surface area (Å²) in [6.07, 6.45) is 3.20. The van der Waals surface area contributed by atoms with Crippen LogP contribution in [0.4, 0.5) is 13.2 Å². The van der Waals surface area contributed by atoms with E-state index in [1.807, 2.05) is 11.4 Å². The molecular weight excluding hydrogens is 371 g/mol. The van der Waals surface area contributed by atoms with Crippen LogP contribution in [0, 0.1) is 5.41 Å². The average molecular weight is 395 g/mol. The zero-order chi connectivity index (χ0) is 20.0. The highest BCUT2D eigenvalue weighted by Gasteiger charge is 2.32. The monoisotopic (exact) mass is 395 g/mol. The fraction of sp³-hybridized carbons (Fsp3) is 0.400. The van der Waals surface area contributed by atoms with Crippen LogP contribution >= 0.6 is 11.3 Å². The third-order valence-corrected chi connectivity index (χ3v) is 5.33. The molecule has 2 aromatic heterocycles. The van der Waals surface area contributed by atoms with Gasteiger partial charge in [-0.15, -0.1) is 11.3 Å². The Morgan fingerprint density at radius 1 is 1.26 bits per heavy atom. The topological polar surface area (TPSA) is 51.5 Å². The molecule has 0 aliphatic rings. The smallest absolute Gasteiger partial charge is 0.432 e. The molecule has 0 amide bonds. The number of aryl methyl sites for hydroxylation is 2. The predicted octanol–water partition coefficient (Wildman–Crippen LogP) is 6.34. The average Bonchev–Trinajstić information content (AvgIpc) is 3.06. The van der Waals surface area contributed by atoms with Crippen molar-refractivity contribution < 1.29 is 17.7 Å². The number of hydrogen-bond acceptors (Lipinski definition) is 2. The summed E-state index contributed by atoms with van der Waals surface area (Å²) in [4.78, 5) is 1.09. The molecular formula is C20H24F3N3S. The van der Waals surface area contributed by atoms with E-state index in [9.17, 15) is 13.2 Å². The Balaban J connectivity index is 2.29. The summed E-state index contributed by atoms with van der Waals surface area (Å²) < 4.78 is 39.4. The van der Waals surface area contributed by atoms with Gasteiger partial charge in [-0.25, -0.2) is 4.57 Å².